The molecule has 2 amide bonds. The number of nitrogens with one attached hydrogen (secondary N) is 2. The van der Waals surface area contributed by atoms with Crippen molar-refractivity contribution in [1.29, 1.82) is 0 Å². The van der Waals surface area contributed by atoms with E-state index in [0.29, 0.717) is 27.5 Å². The summed E-state index contributed by atoms with van der Waals surface area (Å²) in [4.78, 5) is 25.1. The number of carbonyl (C=O) groups is 2. The third-order valence-corrected chi connectivity index (χ3v) is 5.58. The van der Waals surface area contributed by atoms with Crippen LogP contribution in [0.3, 0.4) is 0 Å². The van der Waals surface area contributed by atoms with Crippen molar-refractivity contribution in [3.05, 3.63) is 101 Å². The fraction of sp³-hybridized carbons (Fsp3) is 0.0833. The number of alkyl halides is 2. The van der Waals surface area contributed by atoms with Crippen LogP contribution in [0.4, 0.5) is 19.5 Å². The molecular weight excluding hydrogens is 450 g/mol. The van der Waals surface area contributed by atoms with Crippen molar-refractivity contribution >= 4 is 33.8 Å². The molecule has 4 aromatic rings. The molecule has 2 aromatic heterocycles. The van der Waals surface area contributed by atoms with Gasteiger partial charge in [-0.05, 0) is 48.0 Å². The summed E-state index contributed by atoms with van der Waals surface area (Å²) in [5, 5.41) is 5.90. The SMILES string of the molecule is O=C(Nc1ccc(C(=O)Nc2ccc(OC(F)F)c(Cc3ccccc3)c2)s1)c1ccco1. The zero-order valence-corrected chi connectivity index (χ0v) is 17.9. The molecule has 2 aromatic carbocycles. The van der Waals surface area contributed by atoms with Gasteiger partial charge >= 0.3 is 6.61 Å². The first kappa shape index (κ1) is 22.2. The van der Waals surface area contributed by atoms with Gasteiger partial charge in [0.1, 0.15) is 5.75 Å². The zero-order chi connectivity index (χ0) is 23.2. The van der Waals surface area contributed by atoms with E-state index in [1.807, 2.05) is 30.3 Å². The van der Waals surface area contributed by atoms with Crippen LogP contribution in [-0.4, -0.2) is 18.4 Å². The minimum Gasteiger partial charge on any atom is -0.459 e. The fourth-order valence-corrected chi connectivity index (χ4v) is 3.92. The third kappa shape index (κ3) is 5.83. The number of anilines is 2. The summed E-state index contributed by atoms with van der Waals surface area (Å²) >= 11 is 1.09. The molecule has 168 valence electrons. The molecule has 0 saturated carbocycles. The minimum atomic E-state index is -2.96. The monoisotopic (exact) mass is 468 g/mol. The number of furan rings is 1. The average Bonchev–Trinajstić information content (AvgIpc) is 3.48. The average molecular weight is 468 g/mol. The number of ether oxygens (including phenoxy) is 1. The second-order valence-corrected chi connectivity index (χ2v) is 8.00. The second-order valence-electron chi connectivity index (χ2n) is 6.91. The number of halogens is 2. The predicted octanol–water partition coefficient (Wildman–Crippen LogP) is 6.04. The van der Waals surface area contributed by atoms with Crippen LogP contribution < -0.4 is 15.4 Å². The van der Waals surface area contributed by atoms with E-state index in [0.717, 1.165) is 16.9 Å². The minimum absolute atomic E-state index is 0.0471. The smallest absolute Gasteiger partial charge is 0.387 e. The van der Waals surface area contributed by atoms with E-state index in [9.17, 15) is 18.4 Å². The molecule has 0 fully saturated rings. The van der Waals surface area contributed by atoms with Gasteiger partial charge in [0.05, 0.1) is 16.1 Å². The number of hydrogen-bond acceptors (Lipinski definition) is 5. The lowest BCUT2D eigenvalue weighted by Crippen LogP contribution is -2.11. The summed E-state index contributed by atoms with van der Waals surface area (Å²) in [6.07, 6.45) is 1.75. The van der Waals surface area contributed by atoms with Crippen LogP contribution in [0.2, 0.25) is 0 Å². The maximum absolute atomic E-state index is 12.8. The molecule has 0 radical (unpaired) electrons. The number of benzene rings is 2. The highest BCUT2D eigenvalue weighted by atomic mass is 32.1. The Morgan fingerprint density at radius 1 is 0.939 bits per heavy atom. The molecule has 0 unspecified atom stereocenters. The van der Waals surface area contributed by atoms with E-state index in [2.05, 4.69) is 15.4 Å². The molecule has 2 heterocycles. The summed E-state index contributed by atoms with van der Waals surface area (Å²) in [7, 11) is 0. The molecule has 0 spiro atoms. The van der Waals surface area contributed by atoms with Crippen molar-refractivity contribution in [3.63, 3.8) is 0 Å². The van der Waals surface area contributed by atoms with Crippen LogP contribution in [0, 0.1) is 0 Å². The van der Waals surface area contributed by atoms with Crippen LogP contribution in [0.25, 0.3) is 0 Å². The van der Waals surface area contributed by atoms with Crippen LogP contribution in [0.5, 0.6) is 5.75 Å². The van der Waals surface area contributed by atoms with Gasteiger partial charge in [0.15, 0.2) is 5.76 Å². The highest BCUT2D eigenvalue weighted by Gasteiger charge is 2.16. The topological polar surface area (TPSA) is 80.6 Å². The van der Waals surface area contributed by atoms with Gasteiger partial charge in [-0.15, -0.1) is 11.3 Å². The van der Waals surface area contributed by atoms with Crippen molar-refractivity contribution < 1.29 is 27.5 Å². The number of carbonyl (C=O) groups excluding carboxylic acids is 2. The second kappa shape index (κ2) is 10.1. The normalized spacial score (nSPS) is 10.8. The van der Waals surface area contributed by atoms with E-state index < -0.39 is 18.4 Å². The van der Waals surface area contributed by atoms with Crippen LogP contribution >= 0.6 is 11.3 Å². The number of rotatable bonds is 8. The zero-order valence-electron chi connectivity index (χ0n) is 17.1. The number of thiophene rings is 1. The van der Waals surface area contributed by atoms with E-state index in [1.165, 1.54) is 24.5 Å². The Morgan fingerprint density at radius 2 is 1.76 bits per heavy atom. The largest absolute Gasteiger partial charge is 0.459 e. The van der Waals surface area contributed by atoms with Crippen LogP contribution in [0.1, 0.15) is 31.4 Å². The molecule has 0 atom stereocenters. The Hall–Kier alpha value is -3.98. The highest BCUT2D eigenvalue weighted by molar-refractivity contribution is 7.18. The highest BCUT2D eigenvalue weighted by Crippen LogP contribution is 2.28. The molecule has 0 aliphatic carbocycles. The van der Waals surface area contributed by atoms with E-state index in [-0.39, 0.29) is 11.5 Å². The lowest BCUT2D eigenvalue weighted by atomic mass is 10.0. The Bertz CT molecular complexity index is 1240. The Kier molecular flexibility index (Phi) is 6.80. The number of amides is 2. The third-order valence-electron chi connectivity index (χ3n) is 4.58. The van der Waals surface area contributed by atoms with E-state index in [1.54, 1.807) is 24.3 Å². The quantitative estimate of drug-likeness (QED) is 0.331. The van der Waals surface area contributed by atoms with Gasteiger partial charge in [-0.25, -0.2) is 0 Å². The first-order valence-electron chi connectivity index (χ1n) is 9.85. The van der Waals surface area contributed by atoms with Crippen LogP contribution in [-0.2, 0) is 6.42 Å². The molecule has 4 rings (SSSR count). The van der Waals surface area contributed by atoms with Gasteiger partial charge in [0.25, 0.3) is 11.8 Å². The first-order valence-corrected chi connectivity index (χ1v) is 10.7. The predicted molar refractivity (Wildman–Crippen MR) is 121 cm³/mol. The van der Waals surface area contributed by atoms with Crippen LogP contribution in [0.15, 0.2) is 83.5 Å². The van der Waals surface area contributed by atoms with E-state index >= 15 is 0 Å². The fourth-order valence-electron chi connectivity index (χ4n) is 3.12. The van der Waals surface area contributed by atoms with Crippen molar-refractivity contribution in [2.75, 3.05) is 10.6 Å². The van der Waals surface area contributed by atoms with Gasteiger partial charge in [0, 0.05) is 17.7 Å². The molecule has 33 heavy (non-hydrogen) atoms. The molecule has 6 nitrogen and oxygen atoms in total. The van der Waals surface area contributed by atoms with Crippen molar-refractivity contribution in [2.45, 2.75) is 13.0 Å². The maximum Gasteiger partial charge on any atom is 0.387 e. The Labute approximate surface area is 191 Å². The van der Waals surface area contributed by atoms with Gasteiger partial charge in [-0.3, -0.25) is 9.59 Å². The van der Waals surface area contributed by atoms with Crippen molar-refractivity contribution in [2.24, 2.45) is 0 Å². The summed E-state index contributed by atoms with van der Waals surface area (Å²) in [6, 6.07) is 20.2. The van der Waals surface area contributed by atoms with Crippen molar-refractivity contribution in [1.82, 2.24) is 0 Å². The summed E-state index contributed by atoms with van der Waals surface area (Å²) < 4.78 is 35.3. The summed E-state index contributed by atoms with van der Waals surface area (Å²) in [5.74, 6) is -0.613. The van der Waals surface area contributed by atoms with Gasteiger partial charge in [0.2, 0.25) is 0 Å². The van der Waals surface area contributed by atoms with Gasteiger partial charge in [-0.1, -0.05) is 30.3 Å². The standard InChI is InChI=1S/C24H18F2N2O4S/c25-24(26)32-18-9-8-17(14-16(18)13-15-5-2-1-3-6-15)27-23(30)20-10-11-21(33-20)28-22(29)19-7-4-12-31-19/h1-12,14,24H,13H2,(H,27,30)(H,28,29). The molecule has 0 saturated heterocycles. The molecular formula is C24H18F2N2O4S. The summed E-state index contributed by atoms with van der Waals surface area (Å²) in [6.45, 7) is -2.96. The Morgan fingerprint density at radius 3 is 2.48 bits per heavy atom. The maximum atomic E-state index is 12.8. The van der Waals surface area contributed by atoms with Crippen molar-refractivity contribution in [3.8, 4) is 5.75 Å². The Balaban J connectivity index is 1.48. The lowest BCUT2D eigenvalue weighted by molar-refractivity contribution is -0.0503. The summed E-state index contributed by atoms with van der Waals surface area (Å²) in [5.41, 5.74) is 1.86. The van der Waals surface area contributed by atoms with E-state index in [4.69, 9.17) is 4.42 Å². The van der Waals surface area contributed by atoms with Gasteiger partial charge < -0.3 is 19.8 Å². The molecule has 0 aliphatic rings. The molecule has 9 heteroatoms. The lowest BCUT2D eigenvalue weighted by Gasteiger charge is -2.13. The molecule has 0 aliphatic heterocycles. The number of hydrogen-bond donors (Lipinski definition) is 2. The first-order chi connectivity index (χ1) is 16.0. The van der Waals surface area contributed by atoms with Gasteiger partial charge in [-0.2, -0.15) is 8.78 Å². The molecule has 2 N–H and O–H groups in total. The molecule has 0 bridgehead atoms.